The van der Waals surface area contributed by atoms with Gasteiger partial charge in [0.05, 0.1) is 16.9 Å². The van der Waals surface area contributed by atoms with Gasteiger partial charge >= 0.3 is 0 Å². The van der Waals surface area contributed by atoms with Crippen LogP contribution in [0.3, 0.4) is 0 Å². The average Bonchev–Trinajstić information content (AvgIpc) is 2.54. The topological polar surface area (TPSA) is 52.9 Å². The summed E-state index contributed by atoms with van der Waals surface area (Å²) in [5.74, 6) is 0.633. The third-order valence-electron chi connectivity index (χ3n) is 3.04. The molecule has 0 saturated carbocycles. The fraction of sp³-hybridized carbons (Fsp3) is 0.176. The normalized spacial score (nSPS) is 11.5. The number of nitriles is 1. The Balaban J connectivity index is 1.88. The summed E-state index contributed by atoms with van der Waals surface area (Å²) in [5.41, 5.74) is 2.40. The van der Waals surface area contributed by atoms with Crippen molar-refractivity contribution in [3.05, 3.63) is 64.7 Å². The van der Waals surface area contributed by atoms with Crippen LogP contribution in [0.2, 0.25) is 5.02 Å². The second-order valence-corrected chi connectivity index (χ2v) is 6.53. The zero-order valence-electron chi connectivity index (χ0n) is 12.0. The third kappa shape index (κ3) is 4.80. The van der Waals surface area contributed by atoms with Crippen molar-refractivity contribution in [3.63, 3.8) is 0 Å². The molecule has 3 nitrogen and oxygen atoms in total. The number of hydrogen-bond acceptors (Lipinski definition) is 3. The first kappa shape index (κ1) is 16.4. The highest BCUT2D eigenvalue weighted by Gasteiger charge is 2.13. The lowest BCUT2D eigenvalue weighted by atomic mass is 10.2. The summed E-state index contributed by atoms with van der Waals surface area (Å²) >= 11 is 7.34. The van der Waals surface area contributed by atoms with Gasteiger partial charge in [-0.25, -0.2) is 0 Å². The lowest BCUT2D eigenvalue weighted by Crippen LogP contribution is -2.22. The molecule has 2 rings (SSSR count). The van der Waals surface area contributed by atoms with Crippen molar-refractivity contribution in [2.75, 3.05) is 5.32 Å². The molecule has 1 N–H and O–H groups in total. The Labute approximate surface area is 139 Å². The lowest BCUT2D eigenvalue weighted by molar-refractivity contribution is -0.115. The molecule has 1 amide bonds. The number of anilines is 1. The quantitative estimate of drug-likeness (QED) is 0.879. The Kier molecular flexibility index (Phi) is 5.88. The van der Waals surface area contributed by atoms with Crippen LogP contribution in [0.15, 0.2) is 48.5 Å². The molecule has 0 spiro atoms. The predicted molar refractivity (Wildman–Crippen MR) is 92.0 cm³/mol. The van der Waals surface area contributed by atoms with Crippen molar-refractivity contribution in [1.82, 2.24) is 0 Å². The molecule has 1 unspecified atom stereocenters. The van der Waals surface area contributed by atoms with Gasteiger partial charge < -0.3 is 5.32 Å². The van der Waals surface area contributed by atoms with Gasteiger partial charge in [0, 0.05) is 16.5 Å². The van der Waals surface area contributed by atoms with Crippen LogP contribution in [0, 0.1) is 11.3 Å². The maximum atomic E-state index is 12.1. The minimum atomic E-state index is -0.193. The van der Waals surface area contributed by atoms with Crippen LogP contribution >= 0.6 is 23.4 Å². The van der Waals surface area contributed by atoms with Crippen molar-refractivity contribution >= 4 is 35.0 Å². The van der Waals surface area contributed by atoms with Gasteiger partial charge in [-0.1, -0.05) is 23.7 Å². The van der Waals surface area contributed by atoms with Crippen molar-refractivity contribution in [1.29, 1.82) is 5.26 Å². The van der Waals surface area contributed by atoms with Crippen LogP contribution in [0.5, 0.6) is 0 Å². The Hall–Kier alpha value is -1.96. The Morgan fingerprint density at radius 1 is 1.32 bits per heavy atom. The summed E-state index contributed by atoms with van der Waals surface area (Å²) in [4.78, 5) is 12.1. The van der Waals surface area contributed by atoms with E-state index in [0.717, 1.165) is 11.3 Å². The molecule has 2 aromatic carbocycles. The van der Waals surface area contributed by atoms with Gasteiger partial charge in [0.2, 0.25) is 5.91 Å². The SMILES string of the molecule is CC(SCc1cccc(C#N)c1)C(=O)Nc1ccc(Cl)cc1. The summed E-state index contributed by atoms with van der Waals surface area (Å²) in [6, 6.07) is 16.6. The first-order valence-electron chi connectivity index (χ1n) is 6.75. The average molecular weight is 331 g/mol. The number of thioether (sulfide) groups is 1. The number of hydrogen-bond donors (Lipinski definition) is 1. The minimum Gasteiger partial charge on any atom is -0.325 e. The van der Waals surface area contributed by atoms with E-state index in [9.17, 15) is 4.79 Å². The van der Waals surface area contributed by atoms with Crippen molar-refractivity contribution in [2.45, 2.75) is 17.9 Å². The van der Waals surface area contributed by atoms with Gasteiger partial charge in [-0.05, 0) is 48.9 Å². The van der Waals surface area contributed by atoms with Gasteiger partial charge in [-0.15, -0.1) is 11.8 Å². The van der Waals surface area contributed by atoms with E-state index >= 15 is 0 Å². The highest BCUT2D eigenvalue weighted by Crippen LogP contribution is 2.20. The Morgan fingerprint density at radius 2 is 2.05 bits per heavy atom. The fourth-order valence-electron chi connectivity index (χ4n) is 1.80. The van der Waals surface area contributed by atoms with Crippen LogP contribution in [0.1, 0.15) is 18.1 Å². The summed E-state index contributed by atoms with van der Waals surface area (Å²) in [6.45, 7) is 1.87. The molecule has 1 atom stereocenters. The largest absolute Gasteiger partial charge is 0.325 e. The third-order valence-corrected chi connectivity index (χ3v) is 4.50. The molecule has 0 aliphatic heterocycles. The molecule has 0 bridgehead atoms. The van der Waals surface area contributed by atoms with E-state index in [1.165, 1.54) is 11.8 Å². The molecule has 0 saturated heterocycles. The zero-order chi connectivity index (χ0) is 15.9. The van der Waals surface area contributed by atoms with Crippen molar-refractivity contribution < 1.29 is 4.79 Å². The minimum absolute atomic E-state index is 0.0521. The molecule has 2 aromatic rings. The van der Waals surface area contributed by atoms with E-state index in [1.807, 2.05) is 25.1 Å². The highest BCUT2D eigenvalue weighted by atomic mass is 35.5. The Morgan fingerprint density at radius 3 is 2.73 bits per heavy atom. The lowest BCUT2D eigenvalue weighted by Gasteiger charge is -2.12. The van der Waals surface area contributed by atoms with E-state index < -0.39 is 0 Å². The number of carbonyl (C=O) groups is 1. The van der Waals surface area contributed by atoms with Gasteiger partial charge in [0.1, 0.15) is 0 Å². The van der Waals surface area contributed by atoms with Crippen LogP contribution in [0.25, 0.3) is 0 Å². The smallest absolute Gasteiger partial charge is 0.237 e. The number of nitrogens with zero attached hydrogens (tertiary/aromatic N) is 1. The molecule has 0 radical (unpaired) electrons. The monoisotopic (exact) mass is 330 g/mol. The van der Waals surface area contributed by atoms with E-state index in [2.05, 4.69) is 11.4 Å². The first-order chi connectivity index (χ1) is 10.6. The maximum absolute atomic E-state index is 12.1. The number of nitrogens with one attached hydrogen (secondary N) is 1. The van der Waals surface area contributed by atoms with Crippen LogP contribution < -0.4 is 5.32 Å². The zero-order valence-corrected chi connectivity index (χ0v) is 13.6. The van der Waals surface area contributed by atoms with Crippen LogP contribution in [-0.4, -0.2) is 11.2 Å². The number of benzene rings is 2. The number of rotatable bonds is 5. The second-order valence-electron chi connectivity index (χ2n) is 4.76. The van der Waals surface area contributed by atoms with E-state index in [0.29, 0.717) is 16.3 Å². The molecule has 0 aromatic heterocycles. The molecule has 0 aliphatic rings. The van der Waals surface area contributed by atoms with Gasteiger partial charge in [-0.2, -0.15) is 5.26 Å². The molecule has 0 fully saturated rings. The molecule has 5 heteroatoms. The molecular weight excluding hydrogens is 316 g/mol. The summed E-state index contributed by atoms with van der Waals surface area (Å²) in [5, 5.41) is 12.2. The number of halogens is 1. The summed E-state index contributed by atoms with van der Waals surface area (Å²) in [7, 11) is 0. The van der Waals surface area contributed by atoms with Gasteiger partial charge in [0.25, 0.3) is 0 Å². The standard InChI is InChI=1S/C17H15ClN2OS/c1-12(17(21)20-16-7-5-15(18)6-8-16)22-11-14-4-2-3-13(9-14)10-19/h2-9,12H,11H2,1H3,(H,20,21). The summed E-state index contributed by atoms with van der Waals surface area (Å²) in [6.07, 6.45) is 0. The number of amides is 1. The van der Waals surface area contributed by atoms with E-state index in [-0.39, 0.29) is 11.2 Å². The summed E-state index contributed by atoms with van der Waals surface area (Å²) < 4.78 is 0. The highest BCUT2D eigenvalue weighted by molar-refractivity contribution is 7.99. The maximum Gasteiger partial charge on any atom is 0.237 e. The number of carbonyl (C=O) groups excluding carboxylic acids is 1. The van der Waals surface area contributed by atoms with Gasteiger partial charge in [-0.3, -0.25) is 4.79 Å². The fourth-order valence-corrected chi connectivity index (χ4v) is 2.76. The van der Waals surface area contributed by atoms with Gasteiger partial charge in [0.15, 0.2) is 0 Å². The van der Waals surface area contributed by atoms with E-state index in [4.69, 9.17) is 16.9 Å². The van der Waals surface area contributed by atoms with Crippen molar-refractivity contribution in [3.8, 4) is 6.07 Å². The molecular formula is C17H15ClN2OS. The Bertz CT molecular complexity index is 695. The molecule has 0 aliphatic carbocycles. The van der Waals surface area contributed by atoms with Crippen LogP contribution in [-0.2, 0) is 10.5 Å². The first-order valence-corrected chi connectivity index (χ1v) is 8.18. The second kappa shape index (κ2) is 7.88. The predicted octanol–water partition coefficient (Wildman–Crippen LogP) is 4.47. The van der Waals surface area contributed by atoms with E-state index in [1.54, 1.807) is 30.3 Å². The molecule has 112 valence electrons. The molecule has 0 heterocycles. The van der Waals surface area contributed by atoms with Crippen LogP contribution in [0.4, 0.5) is 5.69 Å². The molecule has 22 heavy (non-hydrogen) atoms. The van der Waals surface area contributed by atoms with Crippen molar-refractivity contribution in [2.24, 2.45) is 0 Å².